The highest BCUT2D eigenvalue weighted by Gasteiger charge is 2.31. The van der Waals surface area contributed by atoms with Crippen molar-refractivity contribution in [3.63, 3.8) is 0 Å². The van der Waals surface area contributed by atoms with Crippen LogP contribution in [-0.2, 0) is 14.3 Å². The van der Waals surface area contributed by atoms with Gasteiger partial charge in [-0.2, -0.15) is 0 Å². The third-order valence-electron chi connectivity index (χ3n) is 5.59. The average molecular weight is 432 g/mol. The lowest BCUT2D eigenvalue weighted by atomic mass is 10.1. The van der Waals surface area contributed by atoms with Gasteiger partial charge in [-0.15, -0.1) is 11.3 Å². The molecule has 2 aliphatic rings. The van der Waals surface area contributed by atoms with E-state index in [2.05, 4.69) is 10.2 Å². The number of nitrogens with one attached hydrogen (secondary N) is 1. The highest BCUT2D eigenvalue weighted by molar-refractivity contribution is 7.10. The number of hydrogen-bond donors (Lipinski definition) is 1. The molecule has 2 saturated heterocycles. The Hall–Kier alpha value is -2.29. The van der Waals surface area contributed by atoms with E-state index >= 15 is 0 Å². The molecule has 0 aliphatic carbocycles. The summed E-state index contributed by atoms with van der Waals surface area (Å²) in [5, 5.41) is 5.05. The Morgan fingerprint density at radius 1 is 1.17 bits per heavy atom. The van der Waals surface area contributed by atoms with E-state index < -0.39 is 0 Å². The van der Waals surface area contributed by atoms with Crippen molar-refractivity contribution in [2.45, 2.75) is 25.0 Å². The molecule has 3 heterocycles. The molecule has 2 atom stereocenters. The Labute approximate surface area is 179 Å². The molecule has 0 unspecified atom stereocenters. The summed E-state index contributed by atoms with van der Waals surface area (Å²) < 4.78 is 18.8. The smallest absolute Gasteiger partial charge is 0.251 e. The number of rotatable bonds is 6. The Balaban J connectivity index is 1.32. The summed E-state index contributed by atoms with van der Waals surface area (Å²) in [6.45, 7) is 3.47. The highest BCUT2D eigenvalue weighted by atomic mass is 32.1. The van der Waals surface area contributed by atoms with Crippen LogP contribution < -0.4 is 5.32 Å². The van der Waals surface area contributed by atoms with Crippen LogP contribution >= 0.6 is 11.3 Å². The van der Waals surface area contributed by atoms with Crippen LogP contribution in [0.5, 0.6) is 0 Å². The van der Waals surface area contributed by atoms with Crippen LogP contribution in [-0.4, -0.2) is 67.0 Å². The van der Waals surface area contributed by atoms with Gasteiger partial charge in [0, 0.05) is 37.7 Å². The first kappa shape index (κ1) is 21.0. The molecule has 8 heteroatoms. The second kappa shape index (κ2) is 9.68. The molecule has 2 fully saturated rings. The van der Waals surface area contributed by atoms with Gasteiger partial charge >= 0.3 is 0 Å². The molecule has 1 N–H and O–H groups in total. The van der Waals surface area contributed by atoms with E-state index in [4.69, 9.17) is 4.74 Å². The fourth-order valence-corrected chi connectivity index (χ4v) is 4.74. The molecule has 0 radical (unpaired) electrons. The van der Waals surface area contributed by atoms with Gasteiger partial charge in [-0.25, -0.2) is 4.39 Å². The van der Waals surface area contributed by atoms with Crippen molar-refractivity contribution in [1.29, 1.82) is 0 Å². The molecular formula is C22H26FN3O3S. The molecule has 160 valence electrons. The van der Waals surface area contributed by atoms with Gasteiger partial charge in [0.05, 0.1) is 12.6 Å². The van der Waals surface area contributed by atoms with E-state index in [1.807, 2.05) is 22.4 Å². The molecule has 30 heavy (non-hydrogen) atoms. The van der Waals surface area contributed by atoms with Gasteiger partial charge in [0.15, 0.2) is 0 Å². The molecule has 2 amide bonds. The lowest BCUT2D eigenvalue weighted by Crippen LogP contribution is -2.53. The molecule has 6 nitrogen and oxygen atoms in total. The van der Waals surface area contributed by atoms with Crippen molar-refractivity contribution < 1.29 is 18.7 Å². The quantitative estimate of drug-likeness (QED) is 0.763. The molecule has 2 aromatic rings. The van der Waals surface area contributed by atoms with E-state index in [0.717, 1.165) is 23.3 Å². The van der Waals surface area contributed by atoms with Gasteiger partial charge in [-0.05, 0) is 42.0 Å². The van der Waals surface area contributed by atoms with Gasteiger partial charge in [0.25, 0.3) is 5.91 Å². The van der Waals surface area contributed by atoms with E-state index in [0.29, 0.717) is 32.8 Å². The maximum atomic E-state index is 13.3. The van der Waals surface area contributed by atoms with Crippen molar-refractivity contribution in [1.82, 2.24) is 15.1 Å². The van der Waals surface area contributed by atoms with Crippen molar-refractivity contribution in [3.05, 3.63) is 58.0 Å². The fourth-order valence-electron chi connectivity index (χ4n) is 3.94. The molecule has 4 rings (SSSR count). The molecule has 1 aromatic heterocycles. The molecular weight excluding hydrogens is 405 g/mol. The maximum Gasteiger partial charge on any atom is 0.251 e. The second-order valence-electron chi connectivity index (χ2n) is 7.67. The summed E-state index contributed by atoms with van der Waals surface area (Å²) >= 11 is 1.56. The molecule has 0 bridgehead atoms. The summed E-state index contributed by atoms with van der Waals surface area (Å²) in [7, 11) is 0. The second-order valence-corrected chi connectivity index (χ2v) is 8.65. The molecule has 0 spiro atoms. The van der Waals surface area contributed by atoms with Crippen LogP contribution in [0.15, 0.2) is 41.8 Å². The van der Waals surface area contributed by atoms with E-state index in [-0.39, 0.29) is 36.3 Å². The molecule has 0 saturated carbocycles. The molecule has 1 aromatic carbocycles. The summed E-state index contributed by atoms with van der Waals surface area (Å²) in [5.41, 5.74) is 0.846. The van der Waals surface area contributed by atoms with Crippen LogP contribution in [0.3, 0.4) is 0 Å². The monoisotopic (exact) mass is 431 g/mol. The van der Waals surface area contributed by atoms with Crippen molar-refractivity contribution >= 4 is 23.2 Å². The van der Waals surface area contributed by atoms with Crippen molar-refractivity contribution in [3.8, 4) is 0 Å². The van der Waals surface area contributed by atoms with Crippen LogP contribution in [0, 0.1) is 5.82 Å². The summed E-state index contributed by atoms with van der Waals surface area (Å²) in [4.78, 5) is 30.1. The lowest BCUT2D eigenvalue weighted by Gasteiger charge is -2.35. The standard InChI is InChI=1S/C22H26FN3O3S/c23-17-7-5-16(6-8-17)21(19-4-2-14-30-19)24-20(27)15-25-9-11-26(12-10-25)22(28)18-3-1-13-29-18/h2,4-8,14,18,21H,1,3,9-13,15H2,(H,24,27)/t18-,21+/m0/s1. The fraction of sp³-hybridized carbons (Fsp3) is 0.455. The van der Waals surface area contributed by atoms with Gasteiger partial charge in [-0.1, -0.05) is 18.2 Å². The van der Waals surface area contributed by atoms with Gasteiger partial charge in [0.1, 0.15) is 11.9 Å². The van der Waals surface area contributed by atoms with Crippen molar-refractivity contribution in [2.75, 3.05) is 39.3 Å². The first-order chi connectivity index (χ1) is 14.6. The minimum atomic E-state index is -0.305. The normalized spacial score (nSPS) is 20.8. The number of carbonyl (C=O) groups is 2. The minimum Gasteiger partial charge on any atom is -0.368 e. The number of carbonyl (C=O) groups excluding carboxylic acids is 2. The Morgan fingerprint density at radius 2 is 1.93 bits per heavy atom. The van der Waals surface area contributed by atoms with Crippen LogP contribution in [0.2, 0.25) is 0 Å². The predicted octanol–water partition coefficient (Wildman–Crippen LogP) is 2.42. The zero-order chi connectivity index (χ0) is 20.9. The number of amides is 2. The first-order valence-electron chi connectivity index (χ1n) is 10.3. The number of nitrogens with zero attached hydrogens (tertiary/aromatic N) is 2. The van der Waals surface area contributed by atoms with E-state index in [1.54, 1.807) is 23.5 Å². The van der Waals surface area contributed by atoms with Crippen LogP contribution in [0.4, 0.5) is 4.39 Å². The lowest BCUT2D eigenvalue weighted by molar-refractivity contribution is -0.142. The number of ether oxygens (including phenoxy) is 1. The zero-order valence-corrected chi connectivity index (χ0v) is 17.6. The Kier molecular flexibility index (Phi) is 6.76. The van der Waals surface area contributed by atoms with Gasteiger partial charge in [0.2, 0.25) is 5.91 Å². The van der Waals surface area contributed by atoms with E-state index in [1.165, 1.54) is 12.1 Å². The van der Waals surface area contributed by atoms with Gasteiger partial charge in [-0.3, -0.25) is 14.5 Å². The van der Waals surface area contributed by atoms with Crippen LogP contribution in [0.25, 0.3) is 0 Å². The number of halogens is 1. The van der Waals surface area contributed by atoms with Crippen molar-refractivity contribution in [2.24, 2.45) is 0 Å². The number of hydrogen-bond acceptors (Lipinski definition) is 5. The number of thiophene rings is 1. The highest BCUT2D eigenvalue weighted by Crippen LogP contribution is 2.26. The summed E-state index contributed by atoms with van der Waals surface area (Å²) in [6.07, 6.45) is 1.45. The average Bonchev–Trinajstić information content (AvgIpc) is 3.47. The maximum absolute atomic E-state index is 13.3. The third-order valence-corrected chi connectivity index (χ3v) is 6.53. The number of piperazine rings is 1. The SMILES string of the molecule is O=C(CN1CCN(C(=O)[C@@H]2CCCO2)CC1)N[C@H](c1ccc(F)cc1)c1cccs1. The van der Waals surface area contributed by atoms with Gasteiger partial charge < -0.3 is 15.0 Å². The number of benzene rings is 1. The third kappa shape index (κ3) is 5.06. The Bertz CT molecular complexity index is 845. The molecule has 2 aliphatic heterocycles. The minimum absolute atomic E-state index is 0.0747. The predicted molar refractivity (Wildman–Crippen MR) is 113 cm³/mol. The zero-order valence-electron chi connectivity index (χ0n) is 16.8. The largest absolute Gasteiger partial charge is 0.368 e. The van der Waals surface area contributed by atoms with E-state index in [9.17, 15) is 14.0 Å². The topological polar surface area (TPSA) is 61.9 Å². The Morgan fingerprint density at radius 3 is 2.57 bits per heavy atom. The van der Waals surface area contributed by atoms with Crippen LogP contribution in [0.1, 0.15) is 29.3 Å². The summed E-state index contributed by atoms with van der Waals surface area (Å²) in [6, 6.07) is 9.83. The first-order valence-corrected chi connectivity index (χ1v) is 11.2. The summed E-state index contributed by atoms with van der Waals surface area (Å²) in [5.74, 6) is -0.312.